The summed E-state index contributed by atoms with van der Waals surface area (Å²) in [7, 11) is 0. The Morgan fingerprint density at radius 3 is 3.15 bits per heavy atom. The number of hydrogen-bond acceptors (Lipinski definition) is 2. The number of fused-ring (bicyclic) bond motifs is 1. The Kier molecular flexibility index (Phi) is 2.00. The summed E-state index contributed by atoms with van der Waals surface area (Å²) in [6.07, 6.45) is 5.04. The molecular weight excluding hydrogens is 178 g/mol. The van der Waals surface area contributed by atoms with Crippen LogP contribution >= 0.6 is 11.3 Å². The molecule has 0 bridgehead atoms. The van der Waals surface area contributed by atoms with Gasteiger partial charge >= 0.3 is 0 Å². The number of thiazole rings is 1. The maximum atomic E-state index is 5.04. The van der Waals surface area contributed by atoms with Crippen molar-refractivity contribution in [3.8, 4) is 24.2 Å². The lowest BCUT2D eigenvalue weighted by Gasteiger charge is -1.88. The second kappa shape index (κ2) is 3.31. The minimum atomic E-state index is 0.940. The normalized spacial score (nSPS) is 8.85. The van der Waals surface area contributed by atoms with Crippen LogP contribution in [0.25, 0.3) is 10.2 Å². The van der Waals surface area contributed by atoms with Crippen LogP contribution in [0.2, 0.25) is 0 Å². The lowest BCUT2D eigenvalue weighted by molar-refractivity contribution is 1.50. The number of rotatable bonds is 0. The molecule has 0 unspecified atom stereocenters. The van der Waals surface area contributed by atoms with E-state index in [2.05, 4.69) is 22.7 Å². The smallest absolute Gasteiger partial charge is 0.0812 e. The fourth-order valence-electron chi connectivity index (χ4n) is 1.04. The molecule has 2 heteroatoms. The quantitative estimate of drug-likeness (QED) is 0.571. The first-order valence-corrected chi connectivity index (χ1v) is 4.58. The van der Waals surface area contributed by atoms with Crippen molar-refractivity contribution in [3.63, 3.8) is 0 Å². The van der Waals surface area contributed by atoms with E-state index >= 15 is 0 Å². The molecule has 0 radical (unpaired) electrons. The van der Waals surface area contributed by atoms with Gasteiger partial charge in [-0.2, -0.15) is 0 Å². The predicted molar refractivity (Wildman–Crippen MR) is 55.3 cm³/mol. The Labute approximate surface area is 80.4 Å². The van der Waals surface area contributed by atoms with E-state index in [1.807, 2.05) is 23.7 Å². The van der Waals surface area contributed by atoms with Crippen LogP contribution in [0, 0.1) is 24.2 Å². The number of aromatic nitrogens is 1. The van der Waals surface area contributed by atoms with E-state index in [1.165, 1.54) is 0 Å². The molecule has 1 aromatic heterocycles. The molecule has 0 aliphatic rings. The van der Waals surface area contributed by atoms with Gasteiger partial charge in [0.05, 0.1) is 15.7 Å². The molecule has 0 amide bonds. The van der Waals surface area contributed by atoms with Gasteiger partial charge in [0, 0.05) is 5.56 Å². The van der Waals surface area contributed by atoms with E-state index in [9.17, 15) is 0 Å². The third-order valence-electron chi connectivity index (χ3n) is 1.61. The molecule has 0 N–H and O–H groups in total. The molecule has 13 heavy (non-hydrogen) atoms. The highest BCUT2D eigenvalue weighted by Crippen LogP contribution is 2.18. The number of terminal acetylenes is 1. The zero-order chi connectivity index (χ0) is 9.10. The van der Waals surface area contributed by atoms with Gasteiger partial charge in [0.15, 0.2) is 0 Å². The Hall–Kier alpha value is -1.77. The van der Waals surface area contributed by atoms with Crippen LogP contribution in [0.3, 0.4) is 0 Å². The fourth-order valence-corrected chi connectivity index (χ4v) is 1.76. The van der Waals surface area contributed by atoms with Gasteiger partial charge in [-0.15, -0.1) is 17.8 Å². The third-order valence-corrected chi connectivity index (χ3v) is 2.40. The van der Waals surface area contributed by atoms with Gasteiger partial charge in [0.25, 0.3) is 0 Å². The van der Waals surface area contributed by atoms with E-state index in [0.29, 0.717) is 0 Å². The van der Waals surface area contributed by atoms with Crippen LogP contribution in [-0.2, 0) is 0 Å². The number of hydrogen-bond donors (Lipinski definition) is 0. The van der Waals surface area contributed by atoms with Gasteiger partial charge < -0.3 is 0 Å². The van der Waals surface area contributed by atoms with E-state index in [0.717, 1.165) is 15.8 Å². The van der Waals surface area contributed by atoms with Gasteiger partial charge in [-0.25, -0.2) is 4.98 Å². The number of benzene rings is 1. The summed E-state index contributed by atoms with van der Waals surface area (Å²) in [6, 6.07) is 5.87. The molecule has 2 rings (SSSR count). The van der Waals surface area contributed by atoms with Crippen LogP contribution in [0.5, 0.6) is 0 Å². The largest absolute Gasteiger partial charge is 0.245 e. The zero-order valence-electron chi connectivity index (χ0n) is 6.74. The molecular formula is C11H5NS. The maximum Gasteiger partial charge on any atom is 0.0812 e. The first-order chi connectivity index (χ1) is 6.40. The van der Waals surface area contributed by atoms with Crippen molar-refractivity contribution in [3.05, 3.63) is 29.3 Å². The summed E-state index contributed by atoms with van der Waals surface area (Å²) in [6.45, 7) is 0. The number of nitrogens with zero attached hydrogens (tertiary/aromatic N) is 1. The van der Waals surface area contributed by atoms with E-state index < -0.39 is 0 Å². The monoisotopic (exact) mass is 183 g/mol. The maximum absolute atomic E-state index is 5.04. The Morgan fingerprint density at radius 1 is 1.38 bits per heavy atom. The van der Waals surface area contributed by atoms with Crippen molar-refractivity contribution < 1.29 is 0 Å². The van der Waals surface area contributed by atoms with Gasteiger partial charge in [-0.1, -0.05) is 5.92 Å². The molecule has 0 aliphatic carbocycles. The highest BCUT2D eigenvalue weighted by Gasteiger charge is 1.95. The Bertz CT molecular complexity index is 534. The van der Waals surface area contributed by atoms with Crippen molar-refractivity contribution in [2.45, 2.75) is 0 Å². The van der Waals surface area contributed by atoms with E-state index in [1.54, 1.807) is 11.3 Å². The molecule has 0 aliphatic heterocycles. The van der Waals surface area contributed by atoms with Crippen molar-refractivity contribution >= 4 is 21.6 Å². The predicted octanol–water partition coefficient (Wildman–Crippen LogP) is 2.28. The average Bonchev–Trinajstić information content (AvgIpc) is 2.61. The average molecular weight is 183 g/mol. The highest BCUT2D eigenvalue weighted by molar-refractivity contribution is 7.16. The topological polar surface area (TPSA) is 12.9 Å². The van der Waals surface area contributed by atoms with Crippen molar-refractivity contribution in [1.29, 1.82) is 0 Å². The first-order valence-electron chi connectivity index (χ1n) is 3.70. The molecule has 0 saturated carbocycles. The van der Waals surface area contributed by atoms with Gasteiger partial charge in [-0.3, -0.25) is 0 Å². The Balaban J connectivity index is 2.56. The Morgan fingerprint density at radius 2 is 2.31 bits per heavy atom. The van der Waals surface area contributed by atoms with Crippen LogP contribution in [-0.4, -0.2) is 4.98 Å². The third kappa shape index (κ3) is 1.54. The van der Waals surface area contributed by atoms with Gasteiger partial charge in [0.2, 0.25) is 0 Å². The van der Waals surface area contributed by atoms with Crippen molar-refractivity contribution in [1.82, 2.24) is 4.98 Å². The van der Waals surface area contributed by atoms with Crippen LogP contribution in [0.4, 0.5) is 0 Å². The molecule has 1 aromatic carbocycles. The van der Waals surface area contributed by atoms with Crippen LogP contribution in [0.1, 0.15) is 5.56 Å². The molecule has 0 atom stereocenters. The van der Waals surface area contributed by atoms with E-state index in [4.69, 9.17) is 6.42 Å². The van der Waals surface area contributed by atoms with Crippen LogP contribution < -0.4 is 0 Å². The lowest BCUT2D eigenvalue weighted by Crippen LogP contribution is -1.72. The van der Waals surface area contributed by atoms with E-state index in [-0.39, 0.29) is 0 Å². The molecule has 2 aromatic rings. The summed E-state index contributed by atoms with van der Waals surface area (Å²) in [4.78, 5) is 4.17. The van der Waals surface area contributed by atoms with Gasteiger partial charge in [-0.05, 0) is 30.0 Å². The van der Waals surface area contributed by atoms with Crippen LogP contribution in [0.15, 0.2) is 23.7 Å². The fraction of sp³-hybridized carbons (Fsp3) is 0. The summed E-state index contributed by atoms with van der Waals surface area (Å²) in [5.74, 6) is 7.74. The minimum absolute atomic E-state index is 0.940. The standard InChI is InChI=1S/C11H5NS/c1-2-3-4-9-5-6-10-11(7-9)13-8-12-10/h1,5-8H. The molecule has 0 fully saturated rings. The summed E-state index contributed by atoms with van der Waals surface area (Å²) >= 11 is 1.60. The second-order valence-corrected chi connectivity index (χ2v) is 3.32. The summed E-state index contributed by atoms with van der Waals surface area (Å²) in [5.41, 5.74) is 3.77. The lowest BCUT2D eigenvalue weighted by atomic mass is 10.2. The molecule has 0 saturated heterocycles. The molecule has 1 heterocycles. The second-order valence-electron chi connectivity index (χ2n) is 2.43. The summed E-state index contributed by atoms with van der Waals surface area (Å²) < 4.78 is 1.14. The summed E-state index contributed by atoms with van der Waals surface area (Å²) in [5, 5.41) is 0. The first kappa shape index (κ1) is 7.86. The minimum Gasteiger partial charge on any atom is -0.245 e. The zero-order valence-corrected chi connectivity index (χ0v) is 7.56. The SMILES string of the molecule is C#CC#Cc1ccc2ncsc2c1. The highest BCUT2D eigenvalue weighted by atomic mass is 32.1. The van der Waals surface area contributed by atoms with Crippen molar-refractivity contribution in [2.24, 2.45) is 0 Å². The molecule has 60 valence electrons. The molecule has 1 nitrogen and oxygen atoms in total. The van der Waals surface area contributed by atoms with Gasteiger partial charge in [0.1, 0.15) is 0 Å². The molecule has 0 spiro atoms. The van der Waals surface area contributed by atoms with Crippen molar-refractivity contribution in [2.75, 3.05) is 0 Å².